The lowest BCUT2D eigenvalue weighted by molar-refractivity contribution is -0.0512. The lowest BCUT2D eigenvalue weighted by Crippen LogP contribution is -2.23. The summed E-state index contributed by atoms with van der Waals surface area (Å²) in [5, 5.41) is 0. The van der Waals surface area contributed by atoms with Gasteiger partial charge in [-0.1, -0.05) is 6.07 Å². The van der Waals surface area contributed by atoms with E-state index in [0.29, 0.717) is 17.7 Å². The third kappa shape index (κ3) is 4.83. The molecule has 0 atom stereocenters. The zero-order valence-corrected chi connectivity index (χ0v) is 13.6. The zero-order valence-electron chi connectivity index (χ0n) is 12.8. The summed E-state index contributed by atoms with van der Waals surface area (Å²) < 4.78 is 86.1. The second kappa shape index (κ2) is 7.70. The molecule has 0 bridgehead atoms. The Hall–Kier alpha value is -2.33. The van der Waals surface area contributed by atoms with Crippen LogP contribution < -0.4 is 14.2 Å². The average molecular weight is 379 g/mol. The highest BCUT2D eigenvalue weighted by molar-refractivity contribution is 7.89. The lowest BCUT2D eigenvalue weighted by atomic mass is 10.2. The molecule has 0 fully saturated rings. The summed E-state index contributed by atoms with van der Waals surface area (Å²) in [4.78, 5) is -0.448. The molecule has 2 rings (SSSR count). The SMILES string of the molecule is COc1cc(CNS(=O)(=O)c2ccc(F)c(F)c2)ccc1OC(F)F. The summed E-state index contributed by atoms with van der Waals surface area (Å²) in [7, 11) is -2.86. The highest BCUT2D eigenvalue weighted by Gasteiger charge is 2.17. The normalized spacial score (nSPS) is 11.6. The maximum absolute atomic E-state index is 13.2. The summed E-state index contributed by atoms with van der Waals surface area (Å²) in [5.41, 5.74) is 0.379. The first-order valence-electron chi connectivity index (χ1n) is 6.79. The van der Waals surface area contributed by atoms with Crippen LogP contribution in [0.5, 0.6) is 11.5 Å². The second-order valence-corrected chi connectivity index (χ2v) is 6.53. The average Bonchev–Trinajstić information content (AvgIpc) is 2.55. The van der Waals surface area contributed by atoms with E-state index < -0.39 is 33.2 Å². The minimum Gasteiger partial charge on any atom is -0.493 e. The molecule has 2 aromatic rings. The van der Waals surface area contributed by atoms with E-state index in [1.807, 2.05) is 0 Å². The van der Waals surface area contributed by atoms with E-state index in [1.54, 1.807) is 0 Å². The molecule has 0 radical (unpaired) electrons. The summed E-state index contributed by atoms with van der Waals surface area (Å²) in [6.45, 7) is -3.27. The van der Waals surface area contributed by atoms with Gasteiger partial charge in [-0.3, -0.25) is 0 Å². The van der Waals surface area contributed by atoms with Gasteiger partial charge in [0.05, 0.1) is 12.0 Å². The lowest BCUT2D eigenvalue weighted by Gasteiger charge is -2.12. The molecule has 0 saturated carbocycles. The van der Waals surface area contributed by atoms with Crippen LogP contribution in [0.15, 0.2) is 41.3 Å². The van der Waals surface area contributed by atoms with E-state index in [4.69, 9.17) is 4.74 Å². The van der Waals surface area contributed by atoms with Gasteiger partial charge in [0, 0.05) is 6.54 Å². The Morgan fingerprint density at radius 2 is 1.76 bits per heavy atom. The number of nitrogens with one attached hydrogen (secondary N) is 1. The molecule has 136 valence electrons. The van der Waals surface area contributed by atoms with Crippen molar-refractivity contribution in [1.29, 1.82) is 0 Å². The first-order valence-corrected chi connectivity index (χ1v) is 8.27. The first-order chi connectivity index (χ1) is 11.7. The van der Waals surface area contributed by atoms with E-state index >= 15 is 0 Å². The van der Waals surface area contributed by atoms with Gasteiger partial charge in [-0.05, 0) is 35.9 Å². The Labute approximate surface area is 141 Å². The molecule has 25 heavy (non-hydrogen) atoms. The van der Waals surface area contributed by atoms with Gasteiger partial charge >= 0.3 is 6.61 Å². The van der Waals surface area contributed by atoms with Crippen LogP contribution in [0.1, 0.15) is 5.56 Å². The number of hydrogen-bond acceptors (Lipinski definition) is 4. The molecule has 1 N–H and O–H groups in total. The predicted octanol–water partition coefficient (Wildman–Crippen LogP) is 3.05. The number of sulfonamides is 1. The summed E-state index contributed by atoms with van der Waals surface area (Å²) >= 11 is 0. The van der Waals surface area contributed by atoms with Crippen LogP contribution in [0.3, 0.4) is 0 Å². The zero-order chi connectivity index (χ0) is 18.6. The van der Waals surface area contributed by atoms with Gasteiger partial charge in [0.25, 0.3) is 0 Å². The third-order valence-electron chi connectivity index (χ3n) is 3.11. The molecule has 5 nitrogen and oxygen atoms in total. The van der Waals surface area contributed by atoms with E-state index in [0.717, 1.165) is 6.07 Å². The molecule has 0 aromatic heterocycles. The fraction of sp³-hybridized carbons (Fsp3) is 0.200. The van der Waals surface area contributed by atoms with Crippen LogP contribution in [0, 0.1) is 11.6 Å². The fourth-order valence-corrected chi connectivity index (χ4v) is 2.95. The van der Waals surface area contributed by atoms with Crippen molar-refractivity contribution in [2.75, 3.05) is 7.11 Å². The van der Waals surface area contributed by atoms with Gasteiger partial charge in [0.1, 0.15) is 0 Å². The number of halogens is 4. The Bertz CT molecular complexity index is 859. The van der Waals surface area contributed by atoms with Crippen molar-refractivity contribution in [1.82, 2.24) is 4.72 Å². The quantitative estimate of drug-likeness (QED) is 0.751. The predicted molar refractivity (Wildman–Crippen MR) is 80.0 cm³/mol. The Morgan fingerprint density at radius 1 is 1.04 bits per heavy atom. The van der Waals surface area contributed by atoms with Crippen LogP contribution in [-0.2, 0) is 16.6 Å². The smallest absolute Gasteiger partial charge is 0.387 e. The number of hydrogen-bond donors (Lipinski definition) is 1. The van der Waals surface area contributed by atoms with E-state index in [-0.39, 0.29) is 18.0 Å². The number of methoxy groups -OCH3 is 1. The molecule has 10 heteroatoms. The van der Waals surface area contributed by atoms with Crippen molar-refractivity contribution in [2.24, 2.45) is 0 Å². The summed E-state index contributed by atoms with van der Waals surface area (Å²) in [6, 6.07) is 6.04. The number of benzene rings is 2. The van der Waals surface area contributed by atoms with E-state index in [1.165, 1.54) is 25.3 Å². The molecular formula is C15H13F4NO4S. The topological polar surface area (TPSA) is 64.6 Å². The second-order valence-electron chi connectivity index (χ2n) is 4.76. The largest absolute Gasteiger partial charge is 0.493 e. The minimum atomic E-state index is -4.10. The van der Waals surface area contributed by atoms with Gasteiger partial charge in [0.15, 0.2) is 23.1 Å². The maximum Gasteiger partial charge on any atom is 0.387 e. The highest BCUT2D eigenvalue weighted by atomic mass is 32.2. The third-order valence-corrected chi connectivity index (χ3v) is 4.51. The van der Waals surface area contributed by atoms with Gasteiger partial charge in [-0.2, -0.15) is 8.78 Å². The van der Waals surface area contributed by atoms with E-state index in [2.05, 4.69) is 9.46 Å². The Kier molecular flexibility index (Phi) is 5.85. The van der Waals surface area contributed by atoms with Crippen LogP contribution >= 0.6 is 0 Å². The molecule has 0 unspecified atom stereocenters. The van der Waals surface area contributed by atoms with Gasteiger partial charge in [-0.15, -0.1) is 0 Å². The molecule has 0 aliphatic carbocycles. The molecule has 0 spiro atoms. The van der Waals surface area contributed by atoms with Gasteiger partial charge in [-0.25, -0.2) is 21.9 Å². The molecule has 0 heterocycles. The highest BCUT2D eigenvalue weighted by Crippen LogP contribution is 2.29. The van der Waals surface area contributed by atoms with Crippen LogP contribution in [0.2, 0.25) is 0 Å². The molecule has 0 aliphatic heterocycles. The van der Waals surface area contributed by atoms with Crippen molar-refractivity contribution >= 4 is 10.0 Å². The van der Waals surface area contributed by atoms with Gasteiger partial charge in [0.2, 0.25) is 10.0 Å². The van der Waals surface area contributed by atoms with Gasteiger partial charge < -0.3 is 9.47 Å². The molecule has 0 saturated heterocycles. The molecule has 0 amide bonds. The van der Waals surface area contributed by atoms with Crippen molar-refractivity contribution in [3.8, 4) is 11.5 Å². The minimum absolute atomic E-state index is 0.00942. The van der Waals surface area contributed by atoms with Crippen LogP contribution in [-0.4, -0.2) is 22.1 Å². The molecule has 0 aliphatic rings. The number of ether oxygens (including phenoxy) is 2. The van der Waals surface area contributed by atoms with Crippen LogP contribution in [0.4, 0.5) is 17.6 Å². The van der Waals surface area contributed by atoms with E-state index in [9.17, 15) is 26.0 Å². The summed E-state index contributed by atoms with van der Waals surface area (Å²) in [6.07, 6.45) is 0. The van der Waals surface area contributed by atoms with Crippen molar-refractivity contribution in [3.63, 3.8) is 0 Å². The van der Waals surface area contributed by atoms with Crippen molar-refractivity contribution in [3.05, 3.63) is 53.6 Å². The molecule has 2 aromatic carbocycles. The Balaban J connectivity index is 2.15. The monoisotopic (exact) mass is 379 g/mol. The number of rotatable bonds is 7. The molecular weight excluding hydrogens is 366 g/mol. The standard InChI is InChI=1S/C15H13F4NO4S/c1-23-14-6-9(2-5-13(14)24-15(18)19)8-20-25(21,22)10-3-4-11(16)12(17)7-10/h2-7,15,20H,8H2,1H3. The number of alkyl halides is 2. The van der Waals surface area contributed by atoms with Crippen LogP contribution in [0.25, 0.3) is 0 Å². The fourth-order valence-electron chi connectivity index (χ4n) is 1.92. The maximum atomic E-state index is 13.2. The Morgan fingerprint density at radius 3 is 2.36 bits per heavy atom. The van der Waals surface area contributed by atoms with Crippen molar-refractivity contribution < 1.29 is 35.5 Å². The summed E-state index contributed by atoms with van der Waals surface area (Å²) in [5.74, 6) is -2.68. The first kappa shape index (κ1) is 19.0. The van der Waals surface area contributed by atoms with Crippen molar-refractivity contribution in [2.45, 2.75) is 18.1 Å².